The summed E-state index contributed by atoms with van der Waals surface area (Å²) in [4.78, 5) is 9.61. The monoisotopic (exact) mass is 1060 g/mol. The molecular formula is C54H48FGeIrN3S-2. The minimum absolute atomic E-state index is 0. The fraction of sp³-hybridized carbons (Fsp3) is 0.185. The fourth-order valence-corrected chi connectivity index (χ4v) is 12.2. The van der Waals surface area contributed by atoms with Crippen molar-refractivity contribution in [3.05, 3.63) is 168 Å². The Labute approximate surface area is 382 Å². The molecule has 61 heavy (non-hydrogen) atoms. The zero-order chi connectivity index (χ0) is 44.4. The van der Waals surface area contributed by atoms with Crippen molar-refractivity contribution in [3.63, 3.8) is 0 Å². The van der Waals surface area contributed by atoms with Gasteiger partial charge in [0, 0.05) is 30.5 Å². The topological polar surface area (TPSA) is 30.7 Å². The summed E-state index contributed by atoms with van der Waals surface area (Å²) in [7, 11) is 0. The van der Waals surface area contributed by atoms with Gasteiger partial charge in [0.15, 0.2) is 0 Å². The van der Waals surface area contributed by atoms with Gasteiger partial charge in [-0.2, -0.15) is 11.3 Å². The normalized spacial score (nSPS) is 12.8. The van der Waals surface area contributed by atoms with Crippen LogP contribution in [0.3, 0.4) is 0 Å². The summed E-state index contributed by atoms with van der Waals surface area (Å²) in [5, 5.41) is 7.72. The number of para-hydroxylation sites is 3. The number of nitrogens with zero attached hydrogens (tertiary/aromatic N) is 3. The molecule has 3 nitrogen and oxygen atoms in total. The number of pyridine rings is 1. The van der Waals surface area contributed by atoms with Gasteiger partial charge in [-0.3, -0.25) is 4.98 Å². The number of hydrogen-bond donors (Lipinski definition) is 0. The summed E-state index contributed by atoms with van der Waals surface area (Å²) >= 11 is -0.488. The third-order valence-corrected chi connectivity index (χ3v) is 16.7. The maximum absolute atomic E-state index is 13.0. The van der Waals surface area contributed by atoms with Crippen LogP contribution in [-0.2, 0) is 20.1 Å². The molecule has 0 fully saturated rings. The molecule has 0 aliphatic carbocycles. The summed E-state index contributed by atoms with van der Waals surface area (Å²) < 4.78 is 42.0. The number of aromatic nitrogens is 3. The van der Waals surface area contributed by atoms with Crippen molar-refractivity contribution in [1.82, 2.24) is 14.5 Å². The van der Waals surface area contributed by atoms with Crippen LogP contribution in [0.15, 0.2) is 134 Å². The third-order valence-electron chi connectivity index (χ3n) is 11.4. The molecule has 7 aromatic carbocycles. The summed E-state index contributed by atoms with van der Waals surface area (Å²) in [5.74, 6) is 7.73. The third kappa shape index (κ3) is 8.12. The molecule has 0 bridgehead atoms. The standard InChI is InChI=1S/C39H31N2S.C15H17FGeN.Ir/c1-23(2)28-12-9-13-29(24(3)4)38(28)41-35-15-8-7-14-34(35)40-39(41)27-18-19-36-32(21-27)33-20-26-17-16-25-10-5-6-11-30(25)31(26)22-37(33)42-36;1-11-9-15(12-5-7-13(16)8-6-12)18-10-14(11)17(2,3)4;/h5-17,19-24H,1-4H3;5,7-10H,1-4H3;/q2*-1;/i;1D3;. The van der Waals surface area contributed by atoms with Crippen LogP contribution >= 0.6 is 11.3 Å². The summed E-state index contributed by atoms with van der Waals surface area (Å²) in [6, 6.07) is 49.8. The second kappa shape index (κ2) is 17.1. The van der Waals surface area contributed by atoms with E-state index in [1.807, 2.05) is 11.3 Å². The van der Waals surface area contributed by atoms with E-state index in [0.717, 1.165) is 26.8 Å². The molecule has 0 amide bonds. The molecule has 0 unspecified atom stereocenters. The molecule has 7 heteroatoms. The Morgan fingerprint density at radius 1 is 0.689 bits per heavy atom. The van der Waals surface area contributed by atoms with E-state index in [0.29, 0.717) is 28.7 Å². The fourth-order valence-electron chi connectivity index (χ4n) is 8.32. The Morgan fingerprint density at radius 3 is 2.11 bits per heavy atom. The number of thiophene rings is 1. The van der Waals surface area contributed by atoms with Crippen LogP contribution in [0.25, 0.3) is 81.1 Å². The van der Waals surface area contributed by atoms with Crippen LogP contribution < -0.4 is 4.40 Å². The molecule has 0 N–H and O–H groups in total. The molecule has 307 valence electrons. The average Bonchev–Trinajstić information content (AvgIpc) is 3.82. The van der Waals surface area contributed by atoms with Gasteiger partial charge in [-0.15, -0.1) is 23.8 Å². The molecule has 0 saturated heterocycles. The first-order valence-electron chi connectivity index (χ1n) is 22.1. The van der Waals surface area contributed by atoms with Crippen LogP contribution in [0.1, 0.15) is 60.3 Å². The van der Waals surface area contributed by atoms with Crippen molar-refractivity contribution in [2.24, 2.45) is 0 Å². The van der Waals surface area contributed by atoms with Crippen LogP contribution in [0.4, 0.5) is 4.39 Å². The van der Waals surface area contributed by atoms with Crippen molar-refractivity contribution in [2.45, 2.75) is 63.7 Å². The summed E-state index contributed by atoms with van der Waals surface area (Å²) in [6.45, 7) is 6.96. The number of hydrogen-bond acceptors (Lipinski definition) is 3. The van der Waals surface area contributed by atoms with Crippen molar-refractivity contribution in [2.75, 3.05) is 0 Å². The van der Waals surface area contributed by atoms with Gasteiger partial charge in [0.2, 0.25) is 0 Å². The molecule has 3 aromatic heterocycles. The Hall–Kier alpha value is -4.98. The van der Waals surface area contributed by atoms with E-state index in [-0.39, 0.29) is 25.9 Å². The zero-order valence-electron chi connectivity index (χ0n) is 38.3. The molecule has 0 aliphatic rings. The van der Waals surface area contributed by atoms with Crippen LogP contribution in [0, 0.1) is 24.8 Å². The number of benzene rings is 7. The molecular weight excluding hydrogens is 1010 g/mol. The van der Waals surface area contributed by atoms with Crippen LogP contribution in [0.2, 0.25) is 17.3 Å². The first-order valence-corrected chi connectivity index (χ1v) is 28.7. The van der Waals surface area contributed by atoms with Crippen LogP contribution in [0.5, 0.6) is 0 Å². The predicted molar refractivity (Wildman–Crippen MR) is 258 cm³/mol. The maximum atomic E-state index is 13.0. The predicted octanol–water partition coefficient (Wildman–Crippen LogP) is 15.0. The van der Waals surface area contributed by atoms with E-state index in [4.69, 9.17) is 9.10 Å². The van der Waals surface area contributed by atoms with Crippen molar-refractivity contribution in [1.29, 1.82) is 0 Å². The van der Waals surface area contributed by atoms with Crippen molar-refractivity contribution < 1.29 is 28.6 Å². The minimum atomic E-state index is -2.34. The Morgan fingerprint density at radius 2 is 1.39 bits per heavy atom. The first-order chi connectivity index (χ1) is 30.1. The number of rotatable bonds is 6. The summed E-state index contributed by atoms with van der Waals surface area (Å²) in [6.07, 6.45) is 1.67. The number of imidazole rings is 1. The largest absolute Gasteiger partial charge is 0 e. The SMILES string of the molecule is CC(C)c1cccc(C(C)C)c1-n1c(-c2[c-]cc3sc4cc5c(ccc6ccccc65)cc4c3c2)nc2ccccc21.[2H]C([2H])([2H])c1cc(-c2[c-]cc(F)cc2)nc[c]1[Ge]([CH3])([CH3])[CH3].[Ir]. The Kier molecular flexibility index (Phi) is 10.9. The quantitative estimate of drug-likeness (QED) is 0.0944. The number of aryl methyl sites for hydroxylation is 1. The number of fused-ring (bicyclic) bond motifs is 7. The average molecular weight is 1060 g/mol. The molecule has 3 heterocycles. The van der Waals surface area contributed by atoms with Gasteiger partial charge >= 0.3 is 114 Å². The van der Waals surface area contributed by atoms with Gasteiger partial charge in [-0.1, -0.05) is 99.8 Å². The van der Waals surface area contributed by atoms with Gasteiger partial charge < -0.3 is 4.57 Å². The zero-order valence-corrected chi connectivity index (χ0v) is 40.6. The van der Waals surface area contributed by atoms with E-state index in [1.165, 1.54) is 70.7 Å². The molecule has 0 saturated carbocycles. The van der Waals surface area contributed by atoms with E-state index in [2.05, 4.69) is 170 Å². The second-order valence-corrected chi connectivity index (χ2v) is 28.9. The Balaban J connectivity index is 0.000000216. The molecule has 0 aliphatic heterocycles. The van der Waals surface area contributed by atoms with Gasteiger partial charge in [-0.05, 0) is 78.9 Å². The van der Waals surface area contributed by atoms with Gasteiger partial charge in [-0.25, -0.2) is 0 Å². The molecule has 0 atom stereocenters. The molecule has 10 rings (SSSR count). The molecule has 1 radical (unpaired) electrons. The summed E-state index contributed by atoms with van der Waals surface area (Å²) in [5.41, 5.74) is 8.55. The minimum Gasteiger partial charge on any atom is 0 e. The van der Waals surface area contributed by atoms with E-state index in [9.17, 15) is 4.39 Å². The second-order valence-electron chi connectivity index (χ2n) is 17.2. The smallest absolute Gasteiger partial charge is 0 e. The maximum Gasteiger partial charge on any atom is 0 e. The van der Waals surface area contributed by atoms with E-state index >= 15 is 0 Å². The molecule has 0 spiro atoms. The Bertz CT molecular complexity index is 3320. The van der Waals surface area contributed by atoms with Gasteiger partial charge in [0.05, 0.1) is 16.9 Å². The van der Waals surface area contributed by atoms with Gasteiger partial charge in [0.25, 0.3) is 0 Å². The van der Waals surface area contributed by atoms with Crippen molar-refractivity contribution in [3.8, 4) is 28.3 Å². The van der Waals surface area contributed by atoms with Crippen molar-refractivity contribution >= 4 is 81.7 Å². The van der Waals surface area contributed by atoms with E-state index in [1.54, 1.807) is 18.3 Å². The van der Waals surface area contributed by atoms with Gasteiger partial charge in [0.1, 0.15) is 0 Å². The van der Waals surface area contributed by atoms with Crippen LogP contribution in [-0.4, -0.2) is 27.8 Å². The first kappa shape index (κ1) is 38.9. The molecule has 10 aromatic rings. The van der Waals surface area contributed by atoms with E-state index < -0.39 is 20.1 Å². The number of halogens is 1.